The van der Waals surface area contributed by atoms with Gasteiger partial charge in [-0.1, -0.05) is 30.7 Å². The van der Waals surface area contributed by atoms with E-state index in [1.54, 1.807) is 18.0 Å². The van der Waals surface area contributed by atoms with Gasteiger partial charge < -0.3 is 15.4 Å². The average Bonchev–Trinajstić information content (AvgIpc) is 2.47. The van der Waals surface area contributed by atoms with E-state index in [9.17, 15) is 4.79 Å². The number of halogens is 1. The molecular formula is C16H25ClN2O2. The van der Waals surface area contributed by atoms with Crippen LogP contribution in [0.2, 0.25) is 5.02 Å². The van der Waals surface area contributed by atoms with Crippen molar-refractivity contribution in [1.82, 2.24) is 4.90 Å². The minimum atomic E-state index is 0.140. The van der Waals surface area contributed by atoms with E-state index >= 15 is 0 Å². The summed E-state index contributed by atoms with van der Waals surface area (Å²) in [6, 6.07) is 7.32. The minimum absolute atomic E-state index is 0.140. The molecule has 1 aromatic rings. The van der Waals surface area contributed by atoms with Crippen molar-refractivity contribution in [3.05, 3.63) is 29.3 Å². The molecule has 0 saturated carbocycles. The van der Waals surface area contributed by atoms with Crippen LogP contribution in [-0.4, -0.2) is 37.6 Å². The van der Waals surface area contributed by atoms with Gasteiger partial charge in [0.1, 0.15) is 12.4 Å². The Balaban J connectivity index is 2.25. The van der Waals surface area contributed by atoms with E-state index in [-0.39, 0.29) is 5.91 Å². The summed E-state index contributed by atoms with van der Waals surface area (Å²) >= 11 is 6.00. The normalized spacial score (nSPS) is 12.0. The molecule has 1 atom stereocenters. The predicted octanol–water partition coefficient (Wildman–Crippen LogP) is 2.94. The number of nitrogens with zero attached hydrogens (tertiary/aromatic N) is 1. The summed E-state index contributed by atoms with van der Waals surface area (Å²) in [6.07, 6.45) is 2.40. The first kappa shape index (κ1) is 17.8. The SMILES string of the molecule is CC(CCN)CCC(=O)N(C)CCOc1ccccc1Cl. The number of ether oxygens (including phenoxy) is 1. The van der Waals surface area contributed by atoms with Crippen LogP contribution in [0.25, 0.3) is 0 Å². The molecular weight excluding hydrogens is 288 g/mol. The fraction of sp³-hybridized carbons (Fsp3) is 0.562. The van der Waals surface area contributed by atoms with Crippen molar-refractivity contribution in [2.45, 2.75) is 26.2 Å². The first-order chi connectivity index (χ1) is 10.0. The summed E-state index contributed by atoms with van der Waals surface area (Å²) < 4.78 is 5.58. The highest BCUT2D eigenvalue weighted by atomic mass is 35.5. The lowest BCUT2D eigenvalue weighted by Gasteiger charge is -2.19. The van der Waals surface area contributed by atoms with E-state index in [2.05, 4.69) is 6.92 Å². The van der Waals surface area contributed by atoms with Crippen LogP contribution < -0.4 is 10.5 Å². The fourth-order valence-electron chi connectivity index (χ4n) is 1.97. The lowest BCUT2D eigenvalue weighted by atomic mass is 10.0. The number of amides is 1. The van der Waals surface area contributed by atoms with Gasteiger partial charge in [-0.05, 0) is 37.4 Å². The lowest BCUT2D eigenvalue weighted by molar-refractivity contribution is -0.130. The summed E-state index contributed by atoms with van der Waals surface area (Å²) in [4.78, 5) is 13.7. The molecule has 2 N–H and O–H groups in total. The van der Waals surface area contributed by atoms with Crippen LogP contribution in [-0.2, 0) is 4.79 Å². The molecule has 0 heterocycles. The first-order valence-corrected chi connectivity index (χ1v) is 7.73. The third-order valence-corrected chi connectivity index (χ3v) is 3.77. The van der Waals surface area contributed by atoms with Crippen LogP contribution in [0.3, 0.4) is 0 Å². The highest BCUT2D eigenvalue weighted by Gasteiger charge is 2.11. The Kier molecular flexibility index (Phi) is 8.16. The highest BCUT2D eigenvalue weighted by molar-refractivity contribution is 6.32. The van der Waals surface area contributed by atoms with E-state index < -0.39 is 0 Å². The van der Waals surface area contributed by atoms with Crippen LogP contribution >= 0.6 is 11.6 Å². The van der Waals surface area contributed by atoms with Gasteiger partial charge in [0.05, 0.1) is 11.6 Å². The Labute approximate surface area is 132 Å². The number of benzene rings is 1. The maximum absolute atomic E-state index is 12.0. The first-order valence-electron chi connectivity index (χ1n) is 7.36. The number of hydrogen-bond acceptors (Lipinski definition) is 3. The topological polar surface area (TPSA) is 55.6 Å². The second-order valence-corrected chi connectivity index (χ2v) is 5.72. The zero-order valence-electron chi connectivity index (χ0n) is 12.8. The molecule has 5 heteroatoms. The Hall–Kier alpha value is -1.26. The van der Waals surface area contributed by atoms with Crippen LogP contribution in [0.15, 0.2) is 24.3 Å². The molecule has 0 spiro atoms. The van der Waals surface area contributed by atoms with Gasteiger partial charge in [-0.15, -0.1) is 0 Å². The molecule has 0 aliphatic heterocycles. The number of para-hydroxylation sites is 1. The molecule has 0 aliphatic carbocycles. The Bertz CT molecular complexity index is 440. The second-order valence-electron chi connectivity index (χ2n) is 5.32. The highest BCUT2D eigenvalue weighted by Crippen LogP contribution is 2.22. The third-order valence-electron chi connectivity index (χ3n) is 3.46. The summed E-state index contributed by atoms with van der Waals surface area (Å²) in [7, 11) is 1.80. The largest absolute Gasteiger partial charge is 0.490 e. The molecule has 4 nitrogen and oxygen atoms in total. The lowest BCUT2D eigenvalue weighted by Crippen LogP contribution is -2.31. The van der Waals surface area contributed by atoms with E-state index in [0.717, 1.165) is 12.8 Å². The molecule has 1 rings (SSSR count). The van der Waals surface area contributed by atoms with Crippen LogP contribution in [0.1, 0.15) is 26.2 Å². The summed E-state index contributed by atoms with van der Waals surface area (Å²) in [5, 5.41) is 0.585. The predicted molar refractivity (Wildman–Crippen MR) is 86.7 cm³/mol. The molecule has 21 heavy (non-hydrogen) atoms. The van der Waals surface area contributed by atoms with Gasteiger partial charge in [-0.2, -0.15) is 0 Å². The molecule has 0 saturated heterocycles. The summed E-state index contributed by atoms with van der Waals surface area (Å²) in [5.74, 6) is 1.28. The van der Waals surface area contributed by atoms with Crippen molar-refractivity contribution < 1.29 is 9.53 Å². The summed E-state index contributed by atoms with van der Waals surface area (Å²) in [5.41, 5.74) is 5.51. The Morgan fingerprint density at radius 2 is 2.10 bits per heavy atom. The van der Waals surface area contributed by atoms with Gasteiger partial charge in [0.25, 0.3) is 0 Å². The maximum Gasteiger partial charge on any atom is 0.222 e. The van der Waals surface area contributed by atoms with Crippen molar-refractivity contribution in [3.8, 4) is 5.75 Å². The van der Waals surface area contributed by atoms with Gasteiger partial charge >= 0.3 is 0 Å². The van der Waals surface area contributed by atoms with Crippen molar-refractivity contribution in [2.75, 3.05) is 26.7 Å². The molecule has 0 bridgehead atoms. The van der Waals surface area contributed by atoms with E-state index in [1.165, 1.54) is 0 Å². The minimum Gasteiger partial charge on any atom is -0.490 e. The zero-order chi connectivity index (χ0) is 15.7. The van der Waals surface area contributed by atoms with Crippen molar-refractivity contribution in [1.29, 1.82) is 0 Å². The number of carbonyl (C=O) groups excluding carboxylic acids is 1. The molecule has 1 unspecified atom stereocenters. The molecule has 0 aliphatic rings. The van der Waals surface area contributed by atoms with Crippen LogP contribution in [0.4, 0.5) is 0 Å². The third kappa shape index (κ3) is 6.82. The number of carbonyl (C=O) groups is 1. The van der Waals surface area contributed by atoms with E-state index in [4.69, 9.17) is 22.1 Å². The quantitative estimate of drug-likeness (QED) is 0.762. The number of likely N-dealkylation sites (N-methyl/N-ethyl adjacent to an activating group) is 1. The van der Waals surface area contributed by atoms with Crippen LogP contribution in [0, 0.1) is 5.92 Å². The van der Waals surface area contributed by atoms with E-state index in [1.807, 2.05) is 18.2 Å². The monoisotopic (exact) mass is 312 g/mol. The Morgan fingerprint density at radius 1 is 1.38 bits per heavy atom. The standard InChI is InChI=1S/C16H25ClN2O2/c1-13(9-10-18)7-8-16(20)19(2)11-12-21-15-6-4-3-5-14(15)17/h3-6,13H,7-12,18H2,1-2H3. The van der Waals surface area contributed by atoms with Crippen molar-refractivity contribution in [3.63, 3.8) is 0 Å². The molecule has 1 amide bonds. The van der Waals surface area contributed by atoms with Crippen molar-refractivity contribution >= 4 is 17.5 Å². The number of hydrogen-bond donors (Lipinski definition) is 1. The fourth-order valence-corrected chi connectivity index (χ4v) is 2.16. The van der Waals surface area contributed by atoms with Gasteiger partial charge in [-0.3, -0.25) is 4.79 Å². The smallest absolute Gasteiger partial charge is 0.222 e. The van der Waals surface area contributed by atoms with Crippen LogP contribution in [0.5, 0.6) is 5.75 Å². The molecule has 1 aromatic carbocycles. The molecule has 0 aromatic heterocycles. The number of rotatable bonds is 9. The zero-order valence-corrected chi connectivity index (χ0v) is 13.6. The van der Waals surface area contributed by atoms with E-state index in [0.29, 0.717) is 42.8 Å². The van der Waals surface area contributed by atoms with Crippen molar-refractivity contribution in [2.24, 2.45) is 11.7 Å². The average molecular weight is 313 g/mol. The molecule has 118 valence electrons. The molecule has 0 fully saturated rings. The number of nitrogens with two attached hydrogens (primary N) is 1. The molecule has 0 radical (unpaired) electrons. The maximum atomic E-state index is 12.0. The van der Waals surface area contributed by atoms with Gasteiger partial charge in [-0.25, -0.2) is 0 Å². The van der Waals surface area contributed by atoms with Gasteiger partial charge in [0.2, 0.25) is 5.91 Å². The van der Waals surface area contributed by atoms with Gasteiger partial charge in [0, 0.05) is 13.5 Å². The summed E-state index contributed by atoms with van der Waals surface area (Å²) in [6.45, 7) is 3.79. The van der Waals surface area contributed by atoms with Gasteiger partial charge in [0.15, 0.2) is 0 Å². The second kappa shape index (κ2) is 9.64. The Morgan fingerprint density at radius 3 is 2.76 bits per heavy atom.